The highest BCUT2D eigenvalue weighted by Crippen LogP contribution is 2.29. The predicted molar refractivity (Wildman–Crippen MR) is 69.9 cm³/mol. The van der Waals surface area contributed by atoms with E-state index >= 15 is 0 Å². The summed E-state index contributed by atoms with van der Waals surface area (Å²) < 4.78 is 37.4. The van der Waals surface area contributed by atoms with Gasteiger partial charge in [0.25, 0.3) is 0 Å². The molecular weight excluding hydrogens is 291 g/mol. The Balaban J connectivity index is 2.30. The summed E-state index contributed by atoms with van der Waals surface area (Å²) in [6, 6.07) is 8.56. The van der Waals surface area contributed by atoms with Crippen molar-refractivity contribution in [1.29, 1.82) is 0 Å². The summed E-state index contributed by atoms with van der Waals surface area (Å²) in [6.45, 7) is 0. The Bertz CT molecular complexity index is 567. The van der Waals surface area contributed by atoms with E-state index in [0.717, 1.165) is 17.8 Å². The van der Waals surface area contributed by atoms with Gasteiger partial charge in [0.15, 0.2) is 0 Å². The van der Waals surface area contributed by atoms with Gasteiger partial charge in [-0.1, -0.05) is 23.7 Å². The zero-order valence-electron chi connectivity index (χ0n) is 10.2. The summed E-state index contributed by atoms with van der Waals surface area (Å²) in [7, 11) is 0. The second-order valence-electron chi connectivity index (χ2n) is 4.12. The van der Waals surface area contributed by atoms with Crippen LogP contribution in [0.15, 0.2) is 42.6 Å². The number of nitrogens with one attached hydrogen (secondary N) is 1. The summed E-state index contributed by atoms with van der Waals surface area (Å²) in [5.41, 5.74) is 2.87. The molecule has 3 N–H and O–H groups in total. The Labute approximate surface area is 118 Å². The number of benzene rings is 1. The normalized spacial score (nSPS) is 13.2. The van der Waals surface area contributed by atoms with Crippen LogP contribution in [0.1, 0.15) is 22.9 Å². The van der Waals surface area contributed by atoms with Gasteiger partial charge in [0.05, 0.1) is 17.3 Å². The molecule has 0 bridgehead atoms. The average Bonchev–Trinajstić information content (AvgIpc) is 2.41. The number of hydrazine groups is 1. The second kappa shape index (κ2) is 5.78. The summed E-state index contributed by atoms with van der Waals surface area (Å²) in [5.74, 6) is 5.45. The molecule has 0 radical (unpaired) electrons. The Kier molecular flexibility index (Phi) is 4.27. The number of alkyl halides is 3. The fourth-order valence-electron chi connectivity index (χ4n) is 1.75. The molecule has 0 spiro atoms. The Morgan fingerprint density at radius 3 is 2.20 bits per heavy atom. The van der Waals surface area contributed by atoms with E-state index in [4.69, 9.17) is 17.4 Å². The topological polar surface area (TPSA) is 50.9 Å². The van der Waals surface area contributed by atoms with Gasteiger partial charge >= 0.3 is 6.18 Å². The third-order valence-electron chi connectivity index (χ3n) is 2.78. The van der Waals surface area contributed by atoms with Crippen molar-refractivity contribution < 1.29 is 13.2 Å². The Morgan fingerprint density at radius 1 is 1.10 bits per heavy atom. The van der Waals surface area contributed by atoms with Crippen LogP contribution in [0.3, 0.4) is 0 Å². The lowest BCUT2D eigenvalue weighted by atomic mass is 10.0. The van der Waals surface area contributed by atoms with E-state index in [1.807, 2.05) is 0 Å². The first-order valence-corrected chi connectivity index (χ1v) is 6.04. The molecule has 0 fully saturated rings. The maximum Gasteiger partial charge on any atom is 0.417 e. The SMILES string of the molecule is NNC(c1ccc(Cl)cc1)c1ccc(C(F)(F)F)cn1. The van der Waals surface area contributed by atoms with Gasteiger partial charge in [-0.15, -0.1) is 0 Å². The van der Waals surface area contributed by atoms with Crippen molar-refractivity contribution >= 4 is 11.6 Å². The number of halogens is 4. The van der Waals surface area contributed by atoms with Crippen molar-refractivity contribution in [2.45, 2.75) is 12.2 Å². The molecule has 0 aliphatic carbocycles. The predicted octanol–water partition coefficient (Wildman–Crippen LogP) is 3.31. The van der Waals surface area contributed by atoms with Gasteiger partial charge in [-0.05, 0) is 29.8 Å². The van der Waals surface area contributed by atoms with Crippen molar-refractivity contribution in [2.24, 2.45) is 5.84 Å². The molecule has 7 heteroatoms. The molecule has 1 heterocycles. The highest BCUT2D eigenvalue weighted by atomic mass is 35.5. The molecule has 1 unspecified atom stereocenters. The van der Waals surface area contributed by atoms with Crippen LogP contribution in [0.2, 0.25) is 5.02 Å². The maximum atomic E-state index is 12.5. The molecule has 0 aliphatic heterocycles. The third kappa shape index (κ3) is 3.27. The van der Waals surface area contributed by atoms with E-state index in [-0.39, 0.29) is 0 Å². The molecule has 2 aromatic rings. The molecule has 1 atom stereocenters. The number of aromatic nitrogens is 1. The van der Waals surface area contributed by atoms with E-state index in [0.29, 0.717) is 10.7 Å². The lowest BCUT2D eigenvalue weighted by molar-refractivity contribution is -0.137. The zero-order chi connectivity index (χ0) is 14.8. The first kappa shape index (κ1) is 14.8. The third-order valence-corrected chi connectivity index (χ3v) is 3.03. The average molecular weight is 302 g/mol. The van der Waals surface area contributed by atoms with E-state index < -0.39 is 17.8 Å². The summed E-state index contributed by atoms with van der Waals surface area (Å²) >= 11 is 5.78. The van der Waals surface area contributed by atoms with Crippen molar-refractivity contribution in [2.75, 3.05) is 0 Å². The quantitative estimate of drug-likeness (QED) is 0.675. The summed E-state index contributed by atoms with van der Waals surface area (Å²) in [6.07, 6.45) is -3.62. The van der Waals surface area contributed by atoms with Gasteiger partial charge in [-0.2, -0.15) is 13.2 Å². The van der Waals surface area contributed by atoms with Crippen molar-refractivity contribution in [3.8, 4) is 0 Å². The van der Waals surface area contributed by atoms with Crippen LogP contribution in [0.4, 0.5) is 13.2 Å². The Hall–Kier alpha value is -1.63. The van der Waals surface area contributed by atoms with E-state index in [9.17, 15) is 13.2 Å². The van der Waals surface area contributed by atoms with E-state index in [2.05, 4.69) is 10.4 Å². The molecule has 20 heavy (non-hydrogen) atoms. The molecule has 0 saturated heterocycles. The molecule has 0 saturated carbocycles. The Morgan fingerprint density at radius 2 is 1.75 bits per heavy atom. The molecule has 0 aliphatic rings. The van der Waals surface area contributed by atoms with Gasteiger partial charge in [0, 0.05) is 11.2 Å². The lowest BCUT2D eigenvalue weighted by Gasteiger charge is -2.16. The standard InChI is InChI=1S/C13H11ClF3N3/c14-10-4-1-8(2-5-10)12(20-18)11-6-3-9(7-19-11)13(15,16)17/h1-7,12,20H,18H2. The number of hydrogen-bond acceptors (Lipinski definition) is 3. The molecular formula is C13H11ClF3N3. The van der Waals surface area contributed by atoms with Crippen LogP contribution in [0.5, 0.6) is 0 Å². The fourth-order valence-corrected chi connectivity index (χ4v) is 1.88. The minimum absolute atomic E-state index is 0.392. The molecule has 2 rings (SSSR count). The van der Waals surface area contributed by atoms with Crippen LogP contribution < -0.4 is 11.3 Å². The van der Waals surface area contributed by atoms with Gasteiger partial charge in [0.2, 0.25) is 0 Å². The summed E-state index contributed by atoms with van der Waals surface area (Å²) in [4.78, 5) is 3.82. The maximum absolute atomic E-state index is 12.5. The molecule has 106 valence electrons. The number of rotatable bonds is 3. The number of hydrogen-bond donors (Lipinski definition) is 2. The minimum Gasteiger partial charge on any atom is -0.271 e. The van der Waals surface area contributed by atoms with Crippen LogP contribution in [0.25, 0.3) is 0 Å². The van der Waals surface area contributed by atoms with Gasteiger partial charge in [-0.3, -0.25) is 10.8 Å². The smallest absolute Gasteiger partial charge is 0.271 e. The monoisotopic (exact) mass is 301 g/mol. The van der Waals surface area contributed by atoms with Gasteiger partial charge in [0.1, 0.15) is 0 Å². The minimum atomic E-state index is -4.41. The van der Waals surface area contributed by atoms with E-state index in [1.165, 1.54) is 6.07 Å². The number of nitrogens with zero attached hydrogens (tertiary/aromatic N) is 1. The second-order valence-corrected chi connectivity index (χ2v) is 4.56. The lowest BCUT2D eigenvalue weighted by Crippen LogP contribution is -2.29. The van der Waals surface area contributed by atoms with E-state index in [1.54, 1.807) is 24.3 Å². The van der Waals surface area contributed by atoms with Gasteiger partial charge < -0.3 is 0 Å². The van der Waals surface area contributed by atoms with Crippen LogP contribution in [-0.2, 0) is 6.18 Å². The van der Waals surface area contributed by atoms with Crippen LogP contribution in [0, 0.1) is 0 Å². The largest absolute Gasteiger partial charge is 0.417 e. The van der Waals surface area contributed by atoms with Crippen molar-refractivity contribution in [3.63, 3.8) is 0 Å². The van der Waals surface area contributed by atoms with Crippen molar-refractivity contribution in [1.82, 2.24) is 10.4 Å². The molecule has 1 aromatic heterocycles. The van der Waals surface area contributed by atoms with Crippen molar-refractivity contribution in [3.05, 3.63) is 64.4 Å². The molecule has 1 aromatic carbocycles. The molecule has 0 amide bonds. The number of nitrogens with two attached hydrogens (primary N) is 1. The highest BCUT2D eigenvalue weighted by molar-refractivity contribution is 6.30. The highest BCUT2D eigenvalue weighted by Gasteiger charge is 2.31. The first-order valence-electron chi connectivity index (χ1n) is 5.66. The zero-order valence-corrected chi connectivity index (χ0v) is 10.9. The van der Waals surface area contributed by atoms with Crippen LogP contribution in [-0.4, -0.2) is 4.98 Å². The summed E-state index contributed by atoms with van der Waals surface area (Å²) in [5, 5.41) is 0.560. The number of pyridine rings is 1. The fraction of sp³-hybridized carbons (Fsp3) is 0.154. The van der Waals surface area contributed by atoms with Crippen LogP contribution >= 0.6 is 11.6 Å². The van der Waals surface area contributed by atoms with Gasteiger partial charge in [-0.25, -0.2) is 5.43 Å². The molecule has 3 nitrogen and oxygen atoms in total. The first-order chi connectivity index (χ1) is 9.41.